The van der Waals surface area contributed by atoms with Crippen molar-refractivity contribution in [2.24, 2.45) is 0 Å². The van der Waals surface area contributed by atoms with E-state index >= 15 is 0 Å². The Hall–Kier alpha value is -3.50. The summed E-state index contributed by atoms with van der Waals surface area (Å²) in [7, 11) is 0. The summed E-state index contributed by atoms with van der Waals surface area (Å²) in [5.41, 5.74) is 3.87. The zero-order valence-corrected chi connectivity index (χ0v) is 20.1. The van der Waals surface area contributed by atoms with E-state index < -0.39 is 17.8 Å². The molecule has 2 heterocycles. The lowest BCUT2D eigenvalue weighted by atomic mass is 10.1. The molecular formula is C24H21N3O5S2. The van der Waals surface area contributed by atoms with E-state index in [1.165, 1.54) is 9.80 Å². The number of anilines is 2. The number of carbonyl (C=O) groups excluding carboxylic acids is 3. The molecule has 1 fully saturated rings. The average molecular weight is 496 g/mol. The van der Waals surface area contributed by atoms with Gasteiger partial charge in [0.05, 0.1) is 22.6 Å². The molecule has 8 nitrogen and oxygen atoms in total. The highest BCUT2D eigenvalue weighted by atomic mass is 32.2. The molecule has 2 aromatic carbocycles. The molecule has 0 spiro atoms. The summed E-state index contributed by atoms with van der Waals surface area (Å²) in [5.74, 6) is -2.40. The summed E-state index contributed by atoms with van der Waals surface area (Å²) >= 11 is 6.24. The predicted molar refractivity (Wildman–Crippen MR) is 134 cm³/mol. The van der Waals surface area contributed by atoms with Gasteiger partial charge in [0, 0.05) is 17.8 Å². The third-order valence-corrected chi connectivity index (χ3v) is 6.95. The molecule has 2 aliphatic heterocycles. The molecule has 10 heteroatoms. The number of carbonyl (C=O) groups is 4. The molecule has 0 aliphatic carbocycles. The molecule has 174 valence electrons. The van der Waals surface area contributed by atoms with E-state index in [4.69, 9.17) is 17.3 Å². The molecule has 34 heavy (non-hydrogen) atoms. The number of hydrogen-bond acceptors (Lipinski definition) is 6. The van der Waals surface area contributed by atoms with Crippen molar-refractivity contribution < 1.29 is 24.3 Å². The Morgan fingerprint density at radius 3 is 2.50 bits per heavy atom. The highest BCUT2D eigenvalue weighted by Gasteiger charge is 2.42. The second-order valence-corrected chi connectivity index (χ2v) is 9.59. The van der Waals surface area contributed by atoms with E-state index in [1.807, 2.05) is 32.0 Å². The van der Waals surface area contributed by atoms with Gasteiger partial charge in [0.15, 0.2) is 0 Å². The van der Waals surface area contributed by atoms with Gasteiger partial charge in [0.2, 0.25) is 5.91 Å². The topological polar surface area (TPSA) is 107 Å². The van der Waals surface area contributed by atoms with Crippen molar-refractivity contribution in [3.63, 3.8) is 0 Å². The Balaban J connectivity index is 1.62. The maximum atomic E-state index is 13.4. The van der Waals surface area contributed by atoms with Gasteiger partial charge in [-0.3, -0.25) is 29.0 Å². The normalized spacial score (nSPS) is 17.4. The summed E-state index contributed by atoms with van der Waals surface area (Å²) in [6.07, 6.45) is -0.260. The van der Waals surface area contributed by atoms with Gasteiger partial charge < -0.3 is 10.4 Å². The second-order valence-electron chi connectivity index (χ2n) is 7.95. The summed E-state index contributed by atoms with van der Waals surface area (Å²) in [6.45, 7) is 3.55. The molecule has 0 atom stereocenters. The van der Waals surface area contributed by atoms with E-state index in [1.54, 1.807) is 24.3 Å². The van der Waals surface area contributed by atoms with Crippen molar-refractivity contribution in [3.8, 4) is 0 Å². The van der Waals surface area contributed by atoms with Gasteiger partial charge >= 0.3 is 5.97 Å². The minimum Gasteiger partial charge on any atom is -0.481 e. The Morgan fingerprint density at radius 1 is 1.06 bits per heavy atom. The van der Waals surface area contributed by atoms with Gasteiger partial charge in [0.25, 0.3) is 11.8 Å². The number of benzene rings is 2. The molecule has 2 aromatic rings. The van der Waals surface area contributed by atoms with Crippen LogP contribution < -0.4 is 10.2 Å². The van der Waals surface area contributed by atoms with Crippen LogP contribution in [0.15, 0.2) is 47.4 Å². The van der Waals surface area contributed by atoms with Crippen LogP contribution in [0.25, 0.3) is 5.57 Å². The van der Waals surface area contributed by atoms with Crippen LogP contribution >= 0.6 is 24.0 Å². The highest BCUT2D eigenvalue weighted by molar-refractivity contribution is 8.26. The first-order valence-electron chi connectivity index (χ1n) is 10.5. The van der Waals surface area contributed by atoms with Crippen LogP contribution in [0.3, 0.4) is 0 Å². The Morgan fingerprint density at radius 2 is 1.79 bits per heavy atom. The fraction of sp³-hybridized carbons (Fsp3) is 0.208. The molecule has 2 N–H and O–H groups in total. The number of carboxylic acid groups (broad SMARTS) is 1. The van der Waals surface area contributed by atoms with Crippen molar-refractivity contribution in [1.82, 2.24) is 4.90 Å². The third-order valence-electron chi connectivity index (χ3n) is 5.51. The molecule has 3 amide bonds. The number of carboxylic acids is 1. The Bertz CT molecular complexity index is 1290. The highest BCUT2D eigenvalue weighted by Crippen LogP contribution is 2.44. The van der Waals surface area contributed by atoms with Gasteiger partial charge in [0.1, 0.15) is 10.9 Å². The van der Waals surface area contributed by atoms with Gasteiger partial charge in [-0.15, -0.1) is 0 Å². The minimum absolute atomic E-state index is 0.0748. The summed E-state index contributed by atoms with van der Waals surface area (Å²) in [5, 5.41) is 11.8. The zero-order chi connectivity index (χ0) is 24.6. The largest absolute Gasteiger partial charge is 0.481 e. The van der Waals surface area contributed by atoms with Crippen molar-refractivity contribution in [2.75, 3.05) is 23.3 Å². The van der Waals surface area contributed by atoms with Gasteiger partial charge in [-0.2, -0.15) is 0 Å². The standard InChI is InChI=1S/C24H21N3O5S2/c1-13-7-8-16(14(2)11-13)25-18(28)12-27-17-6-4-3-5-15(17)20(22(27)31)21-23(32)26(24(33)34-21)10-9-19(29)30/h3-8,11H,9-10,12H2,1-2H3,(H,25,28)(H,29,30)/b21-20-. The van der Waals surface area contributed by atoms with Crippen LogP contribution in [-0.2, 0) is 19.2 Å². The monoisotopic (exact) mass is 495 g/mol. The molecule has 0 bridgehead atoms. The zero-order valence-electron chi connectivity index (χ0n) is 18.5. The van der Waals surface area contributed by atoms with Crippen molar-refractivity contribution in [3.05, 3.63) is 64.1 Å². The lowest BCUT2D eigenvalue weighted by Crippen LogP contribution is -2.36. The maximum absolute atomic E-state index is 13.4. The first-order chi connectivity index (χ1) is 16.2. The molecule has 2 aliphatic rings. The SMILES string of the molecule is Cc1ccc(NC(=O)CN2C(=O)/C(=C3\SC(=S)N(CCC(=O)O)C3=O)c3ccccc32)c(C)c1. The van der Waals surface area contributed by atoms with Crippen molar-refractivity contribution >= 4 is 68.9 Å². The smallest absolute Gasteiger partial charge is 0.305 e. The number of fused-ring (bicyclic) bond motifs is 1. The van der Waals surface area contributed by atoms with E-state index in [0.29, 0.717) is 16.9 Å². The van der Waals surface area contributed by atoms with Crippen LogP contribution in [0.4, 0.5) is 11.4 Å². The second kappa shape index (κ2) is 9.40. The number of thiocarbonyl (C=S) groups is 1. The van der Waals surface area contributed by atoms with Gasteiger partial charge in [-0.25, -0.2) is 0 Å². The number of rotatable bonds is 6. The van der Waals surface area contributed by atoms with E-state index in [2.05, 4.69) is 5.32 Å². The van der Waals surface area contributed by atoms with E-state index in [0.717, 1.165) is 22.9 Å². The van der Waals surface area contributed by atoms with Gasteiger partial charge in [-0.05, 0) is 31.5 Å². The summed E-state index contributed by atoms with van der Waals surface area (Å²) < 4.78 is 0.199. The summed E-state index contributed by atoms with van der Waals surface area (Å²) in [4.78, 5) is 52.9. The van der Waals surface area contributed by atoms with Crippen LogP contribution in [-0.4, -0.2) is 51.1 Å². The van der Waals surface area contributed by atoms with Crippen LogP contribution in [0.5, 0.6) is 0 Å². The predicted octanol–water partition coefficient (Wildman–Crippen LogP) is 3.33. The number of nitrogens with one attached hydrogen (secondary N) is 1. The minimum atomic E-state index is -1.05. The molecule has 0 unspecified atom stereocenters. The number of amides is 3. The number of aryl methyl sites for hydroxylation is 2. The van der Waals surface area contributed by atoms with Crippen molar-refractivity contribution in [1.29, 1.82) is 0 Å². The number of nitrogens with zero attached hydrogens (tertiary/aromatic N) is 2. The fourth-order valence-electron chi connectivity index (χ4n) is 3.89. The van der Waals surface area contributed by atoms with E-state index in [-0.39, 0.29) is 40.2 Å². The Kier molecular flexibility index (Phi) is 6.54. The van der Waals surface area contributed by atoms with Crippen LogP contribution in [0.2, 0.25) is 0 Å². The third kappa shape index (κ3) is 4.46. The van der Waals surface area contributed by atoms with Crippen LogP contribution in [0.1, 0.15) is 23.1 Å². The lowest BCUT2D eigenvalue weighted by molar-refractivity contribution is -0.137. The first-order valence-corrected chi connectivity index (χ1v) is 11.7. The molecule has 0 saturated carbocycles. The van der Waals surface area contributed by atoms with Gasteiger partial charge in [-0.1, -0.05) is 59.9 Å². The number of aliphatic carboxylic acids is 1. The fourth-order valence-corrected chi connectivity index (χ4v) is 5.27. The average Bonchev–Trinajstić information content (AvgIpc) is 3.21. The Labute approximate surface area is 205 Å². The molecule has 4 rings (SSSR count). The molecule has 0 aromatic heterocycles. The van der Waals surface area contributed by atoms with E-state index in [9.17, 15) is 19.2 Å². The quantitative estimate of drug-likeness (QED) is 0.468. The molecule has 1 saturated heterocycles. The van der Waals surface area contributed by atoms with Crippen LogP contribution in [0, 0.1) is 13.8 Å². The number of hydrogen-bond donors (Lipinski definition) is 2. The van der Waals surface area contributed by atoms with Crippen molar-refractivity contribution in [2.45, 2.75) is 20.3 Å². The molecule has 0 radical (unpaired) electrons. The summed E-state index contributed by atoms with van der Waals surface area (Å²) in [6, 6.07) is 12.6. The number of para-hydroxylation sites is 1. The number of thioether (sulfide) groups is 1. The first kappa shape index (κ1) is 23.7. The lowest BCUT2D eigenvalue weighted by Gasteiger charge is -2.17. The maximum Gasteiger partial charge on any atom is 0.305 e. The molecular weight excluding hydrogens is 474 g/mol.